The number of hydrogen-bond donors (Lipinski definition) is 0. The predicted molar refractivity (Wildman–Crippen MR) is 121 cm³/mol. The summed E-state index contributed by atoms with van der Waals surface area (Å²) in [4.78, 5) is 0. The van der Waals surface area contributed by atoms with Gasteiger partial charge in [-0.3, -0.25) is 0 Å². The van der Waals surface area contributed by atoms with Gasteiger partial charge in [-0.2, -0.15) is 0 Å². The van der Waals surface area contributed by atoms with Crippen molar-refractivity contribution in [3.8, 4) is 5.69 Å². The molecule has 1 nitrogen and oxygen atoms in total. The van der Waals surface area contributed by atoms with E-state index < -0.39 is 0 Å². The molecule has 3 aromatic carbocycles. The molecule has 4 saturated carbocycles. The average molecular weight is 378 g/mol. The fourth-order valence-electron chi connectivity index (χ4n) is 7.74. The van der Waals surface area contributed by atoms with Crippen molar-refractivity contribution >= 4 is 21.8 Å². The summed E-state index contributed by atoms with van der Waals surface area (Å²) < 4.78 is 2.55. The second-order valence-corrected chi connectivity index (χ2v) is 10.1. The molecule has 4 bridgehead atoms. The molecule has 0 unspecified atom stereocenters. The van der Waals surface area contributed by atoms with Crippen LogP contribution < -0.4 is 0 Å². The molecular formula is C28H27N. The first kappa shape index (κ1) is 16.3. The van der Waals surface area contributed by atoms with E-state index >= 15 is 0 Å². The summed E-state index contributed by atoms with van der Waals surface area (Å²) in [5.41, 5.74) is 6.12. The minimum absolute atomic E-state index is 0.401. The number of rotatable bonds is 2. The smallest absolute Gasteiger partial charge is 0.0541 e. The summed E-state index contributed by atoms with van der Waals surface area (Å²) in [7, 11) is 0. The summed E-state index contributed by atoms with van der Waals surface area (Å²) >= 11 is 0. The minimum Gasteiger partial charge on any atom is -0.309 e. The molecule has 1 heterocycles. The Labute approximate surface area is 172 Å². The van der Waals surface area contributed by atoms with Gasteiger partial charge in [0.25, 0.3) is 0 Å². The second-order valence-electron chi connectivity index (χ2n) is 10.1. The van der Waals surface area contributed by atoms with Gasteiger partial charge in [0.05, 0.1) is 11.0 Å². The lowest BCUT2D eigenvalue weighted by Gasteiger charge is -2.57. The van der Waals surface area contributed by atoms with Crippen LogP contribution in [-0.4, -0.2) is 4.57 Å². The van der Waals surface area contributed by atoms with E-state index in [4.69, 9.17) is 0 Å². The van der Waals surface area contributed by atoms with Crippen LogP contribution >= 0.6 is 0 Å². The van der Waals surface area contributed by atoms with Crippen LogP contribution in [0.4, 0.5) is 0 Å². The fourth-order valence-corrected chi connectivity index (χ4v) is 7.74. The molecule has 0 N–H and O–H groups in total. The molecule has 0 aliphatic heterocycles. The van der Waals surface area contributed by atoms with Crippen molar-refractivity contribution in [1.82, 2.24) is 4.57 Å². The third kappa shape index (κ3) is 2.22. The van der Waals surface area contributed by atoms with Crippen LogP contribution in [0.3, 0.4) is 0 Å². The normalized spacial score (nSPS) is 30.4. The number of benzene rings is 3. The largest absolute Gasteiger partial charge is 0.309 e. The van der Waals surface area contributed by atoms with Gasteiger partial charge in [0.15, 0.2) is 0 Å². The zero-order valence-corrected chi connectivity index (χ0v) is 16.9. The highest BCUT2D eigenvalue weighted by molar-refractivity contribution is 6.09. The van der Waals surface area contributed by atoms with Gasteiger partial charge in [-0.15, -0.1) is 0 Å². The molecule has 4 aliphatic carbocycles. The van der Waals surface area contributed by atoms with Crippen LogP contribution in [0.2, 0.25) is 0 Å². The van der Waals surface area contributed by atoms with E-state index in [9.17, 15) is 0 Å². The topological polar surface area (TPSA) is 4.93 Å². The lowest BCUT2D eigenvalue weighted by atomic mass is 9.48. The van der Waals surface area contributed by atoms with Crippen molar-refractivity contribution < 1.29 is 0 Å². The third-order valence-corrected chi connectivity index (χ3v) is 8.33. The van der Waals surface area contributed by atoms with E-state index in [2.05, 4.69) is 77.4 Å². The molecule has 4 aliphatic rings. The van der Waals surface area contributed by atoms with Gasteiger partial charge in [-0.1, -0.05) is 54.6 Å². The van der Waals surface area contributed by atoms with Gasteiger partial charge in [0.2, 0.25) is 0 Å². The molecule has 0 saturated heterocycles. The maximum absolute atomic E-state index is 2.55. The Kier molecular flexibility index (Phi) is 3.23. The van der Waals surface area contributed by atoms with Crippen LogP contribution in [0.25, 0.3) is 27.5 Å². The molecule has 0 atom stereocenters. The van der Waals surface area contributed by atoms with E-state index in [1.807, 2.05) is 0 Å². The van der Waals surface area contributed by atoms with Crippen molar-refractivity contribution in [2.75, 3.05) is 0 Å². The lowest BCUT2D eigenvalue weighted by molar-refractivity contribution is -0.00515. The third-order valence-electron chi connectivity index (χ3n) is 8.33. The van der Waals surface area contributed by atoms with Gasteiger partial charge in [0, 0.05) is 16.5 Å². The standard InChI is InChI=1S/C28H27N/c1-4-10-25-22(7-1)23-8-2-5-11-26(23)29(25)27-12-6-3-9-24(27)28-16-19-13-20(17-28)15-21(14-19)18-28/h1-12,19-21H,13-18H2. The summed E-state index contributed by atoms with van der Waals surface area (Å²) in [6.07, 6.45) is 8.72. The number of nitrogens with zero attached hydrogens (tertiary/aromatic N) is 1. The SMILES string of the molecule is c1ccc(C23CC4CC(CC(C4)C2)C3)c(-n2c3ccccc3c3ccccc32)c1. The van der Waals surface area contributed by atoms with E-state index in [0.717, 1.165) is 17.8 Å². The Hall–Kier alpha value is -2.54. The van der Waals surface area contributed by atoms with E-state index in [0.29, 0.717) is 5.41 Å². The van der Waals surface area contributed by atoms with Crippen molar-refractivity contribution in [2.45, 2.75) is 43.9 Å². The summed E-state index contributed by atoms with van der Waals surface area (Å²) in [5.74, 6) is 2.90. The molecular weight excluding hydrogens is 350 g/mol. The Balaban J connectivity index is 1.52. The zero-order chi connectivity index (χ0) is 19.0. The van der Waals surface area contributed by atoms with E-state index in [1.54, 1.807) is 5.56 Å². The minimum atomic E-state index is 0.401. The average Bonchev–Trinajstić information content (AvgIpc) is 3.07. The molecule has 29 heavy (non-hydrogen) atoms. The quantitative estimate of drug-likeness (QED) is 0.347. The monoisotopic (exact) mass is 377 g/mol. The van der Waals surface area contributed by atoms with E-state index in [1.165, 1.54) is 66.0 Å². The van der Waals surface area contributed by atoms with Crippen molar-refractivity contribution in [1.29, 1.82) is 0 Å². The highest BCUT2D eigenvalue weighted by Crippen LogP contribution is 2.61. The number of para-hydroxylation sites is 3. The summed E-state index contributed by atoms with van der Waals surface area (Å²) in [6, 6.07) is 27.2. The first-order valence-corrected chi connectivity index (χ1v) is 11.4. The summed E-state index contributed by atoms with van der Waals surface area (Å²) in [5, 5.41) is 2.73. The highest BCUT2D eigenvalue weighted by atomic mass is 15.0. The molecule has 4 aromatic rings. The second kappa shape index (κ2) is 5.75. The highest BCUT2D eigenvalue weighted by Gasteiger charge is 2.52. The van der Waals surface area contributed by atoms with E-state index in [-0.39, 0.29) is 0 Å². The van der Waals surface area contributed by atoms with Crippen LogP contribution in [0.15, 0.2) is 72.8 Å². The van der Waals surface area contributed by atoms with Crippen LogP contribution in [0.1, 0.15) is 44.1 Å². The van der Waals surface area contributed by atoms with Crippen molar-refractivity contribution in [2.24, 2.45) is 17.8 Å². The molecule has 0 spiro atoms. The number of aromatic nitrogens is 1. The van der Waals surface area contributed by atoms with Crippen LogP contribution in [0.5, 0.6) is 0 Å². The zero-order valence-electron chi connectivity index (χ0n) is 16.9. The molecule has 4 fully saturated rings. The maximum atomic E-state index is 2.55. The van der Waals surface area contributed by atoms with Crippen molar-refractivity contribution in [3.05, 3.63) is 78.4 Å². The van der Waals surface area contributed by atoms with Gasteiger partial charge in [-0.05, 0) is 85.5 Å². The Morgan fingerprint density at radius 2 is 1.07 bits per heavy atom. The predicted octanol–water partition coefficient (Wildman–Crippen LogP) is 7.25. The first-order chi connectivity index (χ1) is 14.3. The fraction of sp³-hybridized carbons (Fsp3) is 0.357. The molecule has 8 rings (SSSR count). The Morgan fingerprint density at radius 3 is 1.66 bits per heavy atom. The Bertz CT molecular complexity index is 1160. The van der Waals surface area contributed by atoms with Gasteiger partial charge in [0.1, 0.15) is 0 Å². The van der Waals surface area contributed by atoms with Gasteiger partial charge in [-0.25, -0.2) is 0 Å². The molecule has 1 heteroatoms. The van der Waals surface area contributed by atoms with Crippen molar-refractivity contribution in [3.63, 3.8) is 0 Å². The number of hydrogen-bond acceptors (Lipinski definition) is 0. The molecule has 1 aromatic heterocycles. The van der Waals surface area contributed by atoms with Crippen LogP contribution in [0, 0.1) is 17.8 Å². The first-order valence-electron chi connectivity index (χ1n) is 11.4. The maximum Gasteiger partial charge on any atom is 0.0541 e. The molecule has 0 radical (unpaired) electrons. The van der Waals surface area contributed by atoms with Gasteiger partial charge >= 0.3 is 0 Å². The molecule has 144 valence electrons. The summed E-state index contributed by atoms with van der Waals surface area (Å²) in [6.45, 7) is 0. The Morgan fingerprint density at radius 1 is 0.586 bits per heavy atom. The van der Waals surface area contributed by atoms with Gasteiger partial charge < -0.3 is 4.57 Å². The number of fused-ring (bicyclic) bond motifs is 3. The molecule has 0 amide bonds. The van der Waals surface area contributed by atoms with Crippen LogP contribution in [-0.2, 0) is 5.41 Å². The lowest BCUT2D eigenvalue weighted by Crippen LogP contribution is -2.48.